The lowest BCUT2D eigenvalue weighted by Crippen LogP contribution is -2.39. The molecule has 0 fully saturated rings. The second-order valence-electron chi connectivity index (χ2n) is 8.28. The van der Waals surface area contributed by atoms with Gasteiger partial charge in [-0.25, -0.2) is 4.79 Å². The van der Waals surface area contributed by atoms with Gasteiger partial charge in [-0.2, -0.15) is 0 Å². The van der Waals surface area contributed by atoms with Crippen molar-refractivity contribution in [1.82, 2.24) is 0 Å². The van der Waals surface area contributed by atoms with Crippen LogP contribution in [0.25, 0.3) is 0 Å². The maximum atomic E-state index is 13.0. The average molecular weight is 424 g/mol. The van der Waals surface area contributed by atoms with Crippen molar-refractivity contribution in [2.24, 2.45) is 5.92 Å². The van der Waals surface area contributed by atoms with Gasteiger partial charge in [0.25, 0.3) is 0 Å². The smallest absolute Gasteiger partial charge is 0.341 e. The lowest BCUT2D eigenvalue weighted by Gasteiger charge is -2.29. The molecule has 0 saturated heterocycles. The summed E-state index contributed by atoms with van der Waals surface area (Å²) in [5, 5.41) is 0. The van der Waals surface area contributed by atoms with E-state index in [1.807, 2.05) is 13.8 Å². The molecule has 31 heavy (non-hydrogen) atoms. The number of hydrogen-bond donors (Lipinski definition) is 0. The summed E-state index contributed by atoms with van der Waals surface area (Å²) in [5.41, 5.74) is -0.884. The van der Waals surface area contributed by atoms with Crippen LogP contribution >= 0.6 is 0 Å². The molecule has 2 unspecified atom stereocenters. The van der Waals surface area contributed by atoms with Crippen molar-refractivity contribution in [2.75, 3.05) is 0 Å². The molecule has 1 aliphatic carbocycles. The summed E-state index contributed by atoms with van der Waals surface area (Å²) < 4.78 is 11.0. The summed E-state index contributed by atoms with van der Waals surface area (Å²) in [6.07, 6.45) is 2.95. The van der Waals surface area contributed by atoms with E-state index in [0.29, 0.717) is 23.8 Å². The maximum absolute atomic E-state index is 13.0. The van der Waals surface area contributed by atoms with Crippen molar-refractivity contribution in [3.63, 3.8) is 0 Å². The number of hydrogen-bond acceptors (Lipinski definition) is 7. The highest BCUT2D eigenvalue weighted by Gasteiger charge is 2.55. The first-order valence-corrected chi connectivity index (χ1v) is 10.0. The van der Waals surface area contributed by atoms with Crippen LogP contribution in [0.15, 0.2) is 35.4 Å². The van der Waals surface area contributed by atoms with E-state index >= 15 is 0 Å². The maximum Gasteiger partial charge on any atom is 0.341 e. The fourth-order valence-electron chi connectivity index (χ4n) is 4.24. The van der Waals surface area contributed by atoms with Gasteiger partial charge >= 0.3 is 11.9 Å². The van der Waals surface area contributed by atoms with Crippen molar-refractivity contribution < 1.29 is 33.4 Å². The van der Waals surface area contributed by atoms with Crippen molar-refractivity contribution >= 4 is 29.8 Å². The van der Waals surface area contributed by atoms with Crippen LogP contribution in [0.2, 0.25) is 0 Å². The minimum atomic E-state index is -1.91. The van der Waals surface area contributed by atoms with E-state index in [4.69, 9.17) is 9.47 Å². The molecule has 0 saturated carbocycles. The molecule has 1 aromatic carbocycles. The highest BCUT2D eigenvalue weighted by Crippen LogP contribution is 2.47. The highest BCUT2D eigenvalue weighted by molar-refractivity contribution is 6.17. The first-order chi connectivity index (χ1) is 14.5. The Labute approximate surface area is 180 Å². The lowest BCUT2D eigenvalue weighted by molar-refractivity contribution is -0.147. The third-order valence-corrected chi connectivity index (χ3v) is 5.38. The van der Waals surface area contributed by atoms with Crippen molar-refractivity contribution in [1.29, 1.82) is 0 Å². The third-order valence-electron chi connectivity index (χ3n) is 5.38. The summed E-state index contributed by atoms with van der Waals surface area (Å²) in [6.45, 7) is 8.11. The predicted octanol–water partition coefficient (Wildman–Crippen LogP) is 3.56. The molecule has 7 heteroatoms. The minimum Gasteiger partial charge on any atom is -0.458 e. The monoisotopic (exact) mass is 424 g/mol. The molecule has 3 rings (SSSR count). The van der Waals surface area contributed by atoms with E-state index in [0.717, 1.165) is 0 Å². The van der Waals surface area contributed by atoms with E-state index in [2.05, 4.69) is 0 Å². The molecular weight excluding hydrogens is 400 g/mol. The van der Waals surface area contributed by atoms with Gasteiger partial charge in [-0.3, -0.25) is 19.2 Å². The largest absolute Gasteiger partial charge is 0.458 e. The van der Waals surface area contributed by atoms with Gasteiger partial charge in [0, 0.05) is 29.2 Å². The Balaban J connectivity index is 2.29. The normalized spacial score (nSPS) is 20.7. The van der Waals surface area contributed by atoms with Crippen LogP contribution in [-0.2, 0) is 29.5 Å². The van der Waals surface area contributed by atoms with Crippen LogP contribution in [0.5, 0.6) is 0 Å². The van der Waals surface area contributed by atoms with Crippen LogP contribution in [0.1, 0.15) is 79.0 Å². The van der Waals surface area contributed by atoms with Crippen LogP contribution < -0.4 is 0 Å². The molecule has 0 bridgehead atoms. The van der Waals surface area contributed by atoms with Gasteiger partial charge in [0.2, 0.25) is 11.4 Å². The second kappa shape index (κ2) is 8.06. The minimum absolute atomic E-state index is 0.00873. The molecule has 162 valence electrons. The van der Waals surface area contributed by atoms with Crippen molar-refractivity contribution in [3.05, 3.63) is 57.7 Å². The quantitative estimate of drug-likeness (QED) is 0.391. The molecule has 0 N–H and O–H groups in total. The van der Waals surface area contributed by atoms with Gasteiger partial charge in [0.1, 0.15) is 6.10 Å². The van der Waals surface area contributed by atoms with Crippen LogP contribution in [0, 0.1) is 5.92 Å². The van der Waals surface area contributed by atoms with Crippen molar-refractivity contribution in [2.45, 2.75) is 52.7 Å². The zero-order valence-corrected chi connectivity index (χ0v) is 18.1. The number of fused-ring (bicyclic) bond motifs is 2. The molecule has 1 spiro atoms. The molecular formula is C24H24O7. The average Bonchev–Trinajstić information content (AvgIpc) is 2.96. The number of allylic oxidation sites excluding steroid dienone is 2. The number of rotatable bonds is 6. The topological polar surface area (TPSA) is 104 Å². The van der Waals surface area contributed by atoms with Gasteiger partial charge in [0.05, 0.1) is 5.56 Å². The van der Waals surface area contributed by atoms with Crippen LogP contribution in [0.4, 0.5) is 0 Å². The van der Waals surface area contributed by atoms with E-state index in [-0.39, 0.29) is 28.2 Å². The van der Waals surface area contributed by atoms with Crippen LogP contribution in [-0.4, -0.2) is 29.8 Å². The Hall–Kier alpha value is -3.35. The number of ether oxygens (including phenoxy) is 2. The zero-order valence-electron chi connectivity index (χ0n) is 18.1. The number of carbonyl (C=O) groups excluding carboxylic acids is 5. The molecule has 1 heterocycles. The zero-order chi connectivity index (χ0) is 23.1. The van der Waals surface area contributed by atoms with Gasteiger partial charge in [-0.15, -0.1) is 0 Å². The fourth-order valence-corrected chi connectivity index (χ4v) is 4.24. The predicted molar refractivity (Wildman–Crippen MR) is 110 cm³/mol. The lowest BCUT2D eigenvalue weighted by atomic mass is 9.76. The number of carbonyl (C=O) groups is 5. The summed E-state index contributed by atoms with van der Waals surface area (Å²) in [6, 6.07) is 3.07. The van der Waals surface area contributed by atoms with E-state index < -0.39 is 35.2 Å². The van der Waals surface area contributed by atoms with Crippen molar-refractivity contribution in [3.8, 4) is 0 Å². The number of Topliss-reactive ketones (excluding diaryl/α,β-unsaturated/α-hetero) is 1. The molecule has 2 aliphatic rings. The molecule has 0 radical (unpaired) electrons. The fraction of sp³-hybridized carbons (Fsp3) is 0.375. The number of aldehydes is 1. The second-order valence-corrected chi connectivity index (χ2v) is 8.28. The SMILES string of the molecule is CC(=O)OC(CC(C)C)c1ccc2c(c1C(C)=O)C(=O)OC21C(=O)C=C(C)C=C1C=O. The number of esters is 2. The van der Waals surface area contributed by atoms with E-state index in [1.165, 1.54) is 32.1 Å². The Morgan fingerprint density at radius 2 is 1.84 bits per heavy atom. The Kier molecular flexibility index (Phi) is 5.81. The highest BCUT2D eigenvalue weighted by atomic mass is 16.6. The van der Waals surface area contributed by atoms with E-state index in [1.54, 1.807) is 13.0 Å². The number of ketones is 2. The van der Waals surface area contributed by atoms with E-state index in [9.17, 15) is 24.0 Å². The summed E-state index contributed by atoms with van der Waals surface area (Å²) in [7, 11) is 0. The molecule has 2 atom stereocenters. The first-order valence-electron chi connectivity index (χ1n) is 10.0. The van der Waals surface area contributed by atoms with Crippen LogP contribution in [0.3, 0.4) is 0 Å². The first kappa shape index (κ1) is 22.3. The molecule has 7 nitrogen and oxygen atoms in total. The summed E-state index contributed by atoms with van der Waals surface area (Å²) >= 11 is 0. The van der Waals surface area contributed by atoms with Gasteiger partial charge in [-0.1, -0.05) is 26.0 Å². The Bertz CT molecular complexity index is 1070. The van der Waals surface area contributed by atoms with Gasteiger partial charge in [0.15, 0.2) is 12.1 Å². The summed E-state index contributed by atoms with van der Waals surface area (Å²) in [4.78, 5) is 62.1. The van der Waals surface area contributed by atoms with Gasteiger partial charge < -0.3 is 9.47 Å². The standard InChI is InChI=1S/C24H24O7/c1-12(2)8-19(30-15(5)27)17-6-7-18-22(21(17)14(4)26)23(29)31-24(18)16(11-25)9-13(3)10-20(24)28/h6-7,9-12,19H,8H2,1-5H3. The molecule has 1 aliphatic heterocycles. The van der Waals surface area contributed by atoms with Gasteiger partial charge in [-0.05, 0) is 43.9 Å². The third kappa shape index (κ3) is 3.65. The Morgan fingerprint density at radius 3 is 2.39 bits per heavy atom. The molecule has 0 amide bonds. The molecule has 0 aromatic heterocycles. The number of benzene rings is 1. The Morgan fingerprint density at radius 1 is 1.16 bits per heavy atom. The summed E-state index contributed by atoms with van der Waals surface area (Å²) in [5.74, 6) is -2.26. The molecule has 1 aromatic rings.